The fourth-order valence-electron chi connectivity index (χ4n) is 3.24. The molecule has 0 atom stereocenters. The van der Waals surface area contributed by atoms with Crippen LogP contribution in [-0.2, 0) is 11.2 Å². The first-order chi connectivity index (χ1) is 13.3. The molecule has 3 nitrogen and oxygen atoms in total. The Labute approximate surface area is 159 Å². The van der Waals surface area contributed by atoms with Gasteiger partial charge in [-0.25, -0.2) is 0 Å². The summed E-state index contributed by atoms with van der Waals surface area (Å²) < 4.78 is 0. The molecule has 4 rings (SSSR count). The average Bonchev–Trinajstić information content (AvgIpc) is 3.16. The second-order valence-electron chi connectivity index (χ2n) is 6.47. The number of nitrogens with one attached hydrogen (secondary N) is 1. The molecule has 0 aromatic heterocycles. The highest BCUT2D eigenvalue weighted by atomic mass is 16.2. The molecule has 0 spiro atoms. The maximum Gasteiger partial charge on any atom is 0.246 e. The van der Waals surface area contributed by atoms with Gasteiger partial charge in [-0.1, -0.05) is 54.3 Å². The van der Waals surface area contributed by atoms with Gasteiger partial charge in [-0.3, -0.25) is 4.79 Å². The predicted molar refractivity (Wildman–Crippen MR) is 110 cm³/mol. The Kier molecular flexibility index (Phi) is 4.89. The van der Waals surface area contributed by atoms with Crippen LogP contribution in [0.1, 0.15) is 16.7 Å². The third kappa shape index (κ3) is 4.02. The van der Waals surface area contributed by atoms with E-state index in [1.807, 2.05) is 77.7 Å². The lowest BCUT2D eigenvalue weighted by Gasteiger charge is -2.18. The Morgan fingerprint density at radius 2 is 1.63 bits per heavy atom. The summed E-state index contributed by atoms with van der Waals surface area (Å²) in [6.45, 7) is 1.02. The van der Waals surface area contributed by atoms with Crippen molar-refractivity contribution in [3.63, 3.8) is 0 Å². The second-order valence-corrected chi connectivity index (χ2v) is 6.47. The normalized spacial score (nSPS) is 12.1. The van der Waals surface area contributed by atoms with Gasteiger partial charge in [0.2, 0.25) is 5.91 Å². The van der Waals surface area contributed by atoms with Crippen LogP contribution >= 0.6 is 0 Å². The molecule has 1 amide bonds. The van der Waals surface area contributed by atoms with Crippen molar-refractivity contribution >= 4 is 17.3 Å². The number of carbonyl (C=O) groups excluding carboxylic acids is 1. The molecule has 3 aromatic rings. The highest BCUT2D eigenvalue weighted by Crippen LogP contribution is 2.27. The van der Waals surface area contributed by atoms with Crippen molar-refractivity contribution < 1.29 is 4.79 Å². The van der Waals surface area contributed by atoms with Crippen molar-refractivity contribution in [3.05, 3.63) is 95.6 Å². The summed E-state index contributed by atoms with van der Waals surface area (Å²) in [5.41, 5.74) is 5.08. The molecule has 0 saturated heterocycles. The quantitative estimate of drug-likeness (QED) is 0.720. The summed E-state index contributed by atoms with van der Waals surface area (Å²) in [5.74, 6) is 6.41. The van der Waals surface area contributed by atoms with Gasteiger partial charge in [0.1, 0.15) is 0 Å². The van der Waals surface area contributed by atoms with Gasteiger partial charge in [-0.2, -0.15) is 0 Å². The zero-order valence-corrected chi connectivity index (χ0v) is 15.0. The van der Waals surface area contributed by atoms with Gasteiger partial charge in [0.15, 0.2) is 0 Å². The highest BCUT2D eigenvalue weighted by molar-refractivity contribution is 5.98. The molecule has 0 unspecified atom stereocenters. The highest BCUT2D eigenvalue weighted by Gasteiger charge is 2.23. The number of hydrogen-bond donors (Lipinski definition) is 1. The Bertz CT molecular complexity index is 1020. The van der Waals surface area contributed by atoms with Gasteiger partial charge < -0.3 is 10.2 Å². The van der Waals surface area contributed by atoms with Crippen LogP contribution in [0.15, 0.2) is 78.9 Å². The van der Waals surface area contributed by atoms with E-state index in [-0.39, 0.29) is 12.5 Å². The molecule has 0 radical (unpaired) electrons. The number of carbonyl (C=O) groups is 1. The van der Waals surface area contributed by atoms with E-state index < -0.39 is 0 Å². The van der Waals surface area contributed by atoms with E-state index in [4.69, 9.17) is 0 Å². The SMILES string of the molecule is O=C(CNc1cccc(C#Cc2ccccc2)c1)N1CCc2ccccc21. The first-order valence-electron chi connectivity index (χ1n) is 9.09. The van der Waals surface area contributed by atoms with Crippen LogP contribution in [0.2, 0.25) is 0 Å². The third-order valence-electron chi connectivity index (χ3n) is 4.62. The van der Waals surface area contributed by atoms with Crippen molar-refractivity contribution in [1.29, 1.82) is 0 Å². The van der Waals surface area contributed by atoms with Gasteiger partial charge >= 0.3 is 0 Å². The van der Waals surface area contributed by atoms with Crippen LogP contribution in [0.4, 0.5) is 11.4 Å². The van der Waals surface area contributed by atoms with Crippen molar-refractivity contribution in [2.75, 3.05) is 23.3 Å². The molecule has 3 heteroatoms. The number of rotatable bonds is 3. The predicted octanol–water partition coefficient (Wildman–Crippen LogP) is 4.09. The zero-order valence-electron chi connectivity index (χ0n) is 15.0. The Morgan fingerprint density at radius 1 is 0.889 bits per heavy atom. The van der Waals surface area contributed by atoms with Crippen molar-refractivity contribution in [2.45, 2.75) is 6.42 Å². The molecular formula is C24H20N2O. The van der Waals surface area contributed by atoms with Crippen LogP contribution in [0.3, 0.4) is 0 Å². The van der Waals surface area contributed by atoms with Gasteiger partial charge in [-0.05, 0) is 48.4 Å². The third-order valence-corrected chi connectivity index (χ3v) is 4.62. The number of benzene rings is 3. The minimum absolute atomic E-state index is 0.0840. The van der Waals surface area contributed by atoms with E-state index in [1.54, 1.807) is 0 Å². The molecule has 0 bridgehead atoms. The smallest absolute Gasteiger partial charge is 0.246 e. The monoisotopic (exact) mass is 352 g/mol. The van der Waals surface area contributed by atoms with Crippen molar-refractivity contribution in [2.24, 2.45) is 0 Å². The van der Waals surface area contributed by atoms with Crippen LogP contribution in [0, 0.1) is 11.8 Å². The van der Waals surface area contributed by atoms with E-state index in [0.29, 0.717) is 0 Å². The molecular weight excluding hydrogens is 332 g/mol. The second kappa shape index (κ2) is 7.80. The minimum atomic E-state index is 0.0840. The molecule has 0 aliphatic carbocycles. The largest absolute Gasteiger partial charge is 0.376 e. The molecule has 3 aromatic carbocycles. The molecule has 1 N–H and O–H groups in total. The summed E-state index contributed by atoms with van der Waals surface area (Å²) in [5, 5.41) is 3.23. The molecule has 0 fully saturated rings. The fourth-order valence-corrected chi connectivity index (χ4v) is 3.24. The van der Waals surface area contributed by atoms with Gasteiger partial charge in [-0.15, -0.1) is 0 Å². The van der Waals surface area contributed by atoms with Gasteiger partial charge in [0.25, 0.3) is 0 Å². The Hall–Kier alpha value is -3.51. The lowest BCUT2D eigenvalue weighted by Crippen LogP contribution is -2.34. The number of fused-ring (bicyclic) bond motifs is 1. The topological polar surface area (TPSA) is 32.3 Å². The van der Waals surface area contributed by atoms with Crippen LogP contribution < -0.4 is 10.2 Å². The van der Waals surface area contributed by atoms with Crippen LogP contribution in [0.5, 0.6) is 0 Å². The van der Waals surface area contributed by atoms with Gasteiger partial charge in [0, 0.05) is 29.0 Å². The summed E-state index contributed by atoms with van der Waals surface area (Å²) in [6.07, 6.45) is 0.923. The zero-order chi connectivity index (χ0) is 18.5. The van der Waals surface area contributed by atoms with Gasteiger partial charge in [0.05, 0.1) is 6.54 Å². The first-order valence-corrected chi connectivity index (χ1v) is 9.09. The lowest BCUT2D eigenvalue weighted by atomic mass is 10.1. The standard InChI is InChI=1S/C24H20N2O/c27-24(26-16-15-21-10-4-5-12-23(21)26)18-25-22-11-6-9-20(17-22)14-13-19-7-2-1-3-8-19/h1-12,17,25H,15-16,18H2. The maximum absolute atomic E-state index is 12.6. The lowest BCUT2D eigenvalue weighted by molar-refractivity contribution is -0.116. The molecule has 0 saturated carbocycles. The summed E-state index contributed by atoms with van der Waals surface area (Å²) in [6, 6.07) is 25.9. The number of nitrogens with zero attached hydrogens (tertiary/aromatic N) is 1. The number of hydrogen-bond acceptors (Lipinski definition) is 2. The number of amides is 1. The number of para-hydroxylation sites is 1. The summed E-state index contributed by atoms with van der Waals surface area (Å²) >= 11 is 0. The van der Waals surface area contributed by atoms with Crippen LogP contribution in [-0.4, -0.2) is 19.0 Å². The molecule has 27 heavy (non-hydrogen) atoms. The van der Waals surface area contributed by atoms with E-state index in [0.717, 1.165) is 35.5 Å². The molecule has 1 heterocycles. The van der Waals surface area contributed by atoms with Crippen LogP contribution in [0.25, 0.3) is 0 Å². The molecule has 1 aliphatic heterocycles. The van der Waals surface area contributed by atoms with Crippen molar-refractivity contribution in [3.8, 4) is 11.8 Å². The number of anilines is 2. The average molecular weight is 352 g/mol. The van der Waals surface area contributed by atoms with E-state index in [9.17, 15) is 4.79 Å². The Morgan fingerprint density at radius 3 is 2.52 bits per heavy atom. The summed E-state index contributed by atoms with van der Waals surface area (Å²) in [4.78, 5) is 14.5. The fraction of sp³-hybridized carbons (Fsp3) is 0.125. The van der Waals surface area contributed by atoms with Crippen molar-refractivity contribution in [1.82, 2.24) is 0 Å². The molecule has 132 valence electrons. The maximum atomic E-state index is 12.6. The van der Waals surface area contributed by atoms with E-state index in [2.05, 4.69) is 23.2 Å². The van der Waals surface area contributed by atoms with E-state index >= 15 is 0 Å². The Balaban J connectivity index is 1.41. The first kappa shape index (κ1) is 16.9. The van der Waals surface area contributed by atoms with E-state index in [1.165, 1.54) is 5.56 Å². The minimum Gasteiger partial charge on any atom is -0.376 e. The molecule has 1 aliphatic rings. The summed E-state index contributed by atoms with van der Waals surface area (Å²) in [7, 11) is 0.